The zero-order valence-electron chi connectivity index (χ0n) is 11.4. The van der Waals surface area contributed by atoms with Crippen LogP contribution < -0.4 is 0 Å². The first-order valence-corrected chi connectivity index (χ1v) is 6.32. The van der Waals surface area contributed by atoms with Gasteiger partial charge in [-0.05, 0) is 25.1 Å². The summed E-state index contributed by atoms with van der Waals surface area (Å²) in [6, 6.07) is 6.98. The van der Waals surface area contributed by atoms with Crippen LogP contribution in [0.25, 0.3) is 16.9 Å². The van der Waals surface area contributed by atoms with Crippen molar-refractivity contribution in [1.82, 2.24) is 25.0 Å². The molecule has 3 rings (SSSR count). The summed E-state index contributed by atoms with van der Waals surface area (Å²) in [4.78, 5) is 7.97. The van der Waals surface area contributed by atoms with Crippen molar-refractivity contribution in [2.24, 2.45) is 0 Å². The van der Waals surface area contributed by atoms with E-state index in [0.29, 0.717) is 16.9 Å². The summed E-state index contributed by atoms with van der Waals surface area (Å²) < 4.78 is 39.1. The quantitative estimate of drug-likeness (QED) is 0.730. The molecule has 0 fully saturated rings. The number of aromatic nitrogens is 5. The molecule has 2 aromatic heterocycles. The molecule has 2 heterocycles. The molecule has 0 saturated heterocycles. The molecule has 0 atom stereocenters. The van der Waals surface area contributed by atoms with E-state index < -0.39 is 11.9 Å². The Kier molecular flexibility index (Phi) is 3.36. The molecule has 0 aliphatic carbocycles. The van der Waals surface area contributed by atoms with Crippen molar-refractivity contribution in [2.75, 3.05) is 0 Å². The van der Waals surface area contributed by atoms with E-state index in [1.165, 1.54) is 6.33 Å². The number of nitrogens with zero attached hydrogens (tertiary/aromatic N) is 5. The van der Waals surface area contributed by atoms with Crippen LogP contribution in [0.1, 0.15) is 11.3 Å². The van der Waals surface area contributed by atoms with Crippen molar-refractivity contribution in [3.63, 3.8) is 0 Å². The van der Waals surface area contributed by atoms with Crippen molar-refractivity contribution in [3.05, 3.63) is 54.2 Å². The van der Waals surface area contributed by atoms with Crippen LogP contribution in [-0.2, 0) is 6.18 Å². The van der Waals surface area contributed by atoms with Gasteiger partial charge in [-0.2, -0.15) is 13.2 Å². The summed E-state index contributed by atoms with van der Waals surface area (Å²) in [5, 5.41) is 6.75. The van der Waals surface area contributed by atoms with E-state index in [0.717, 1.165) is 16.4 Å². The van der Waals surface area contributed by atoms with Crippen molar-refractivity contribution in [3.8, 4) is 16.9 Å². The Morgan fingerprint density at radius 1 is 1.14 bits per heavy atom. The Balaban J connectivity index is 2.14. The van der Waals surface area contributed by atoms with E-state index in [4.69, 9.17) is 0 Å². The van der Waals surface area contributed by atoms with Gasteiger partial charge < -0.3 is 0 Å². The fourth-order valence-electron chi connectivity index (χ4n) is 2.02. The van der Waals surface area contributed by atoms with E-state index in [1.54, 1.807) is 24.4 Å². The van der Waals surface area contributed by atoms with Crippen molar-refractivity contribution in [2.45, 2.75) is 13.1 Å². The zero-order valence-corrected chi connectivity index (χ0v) is 11.4. The lowest BCUT2D eigenvalue weighted by Crippen LogP contribution is -2.05. The highest BCUT2D eigenvalue weighted by Gasteiger charge is 2.34. The van der Waals surface area contributed by atoms with Crippen LogP contribution in [0, 0.1) is 6.92 Å². The van der Waals surface area contributed by atoms with E-state index in [-0.39, 0.29) is 0 Å². The lowest BCUT2D eigenvalue weighted by atomic mass is 10.1. The largest absolute Gasteiger partial charge is 0.436 e. The lowest BCUT2D eigenvalue weighted by Gasteiger charge is -2.09. The SMILES string of the molecule is Cc1ccc(-n2cc(C(F)(F)F)nn2)c(-c2ccncn2)c1. The molecular formula is C14H10F3N5. The number of benzene rings is 1. The highest BCUT2D eigenvalue weighted by molar-refractivity contribution is 5.70. The molecule has 0 aliphatic heterocycles. The third-order valence-corrected chi connectivity index (χ3v) is 3.04. The summed E-state index contributed by atoms with van der Waals surface area (Å²) in [6.45, 7) is 1.89. The van der Waals surface area contributed by atoms with Crippen LogP contribution in [0.5, 0.6) is 0 Å². The van der Waals surface area contributed by atoms with Crippen molar-refractivity contribution in [1.29, 1.82) is 0 Å². The minimum atomic E-state index is -4.53. The minimum absolute atomic E-state index is 0.465. The van der Waals surface area contributed by atoms with Gasteiger partial charge in [0.1, 0.15) is 6.33 Å². The molecule has 0 unspecified atom stereocenters. The molecular weight excluding hydrogens is 295 g/mol. The van der Waals surface area contributed by atoms with Crippen molar-refractivity contribution < 1.29 is 13.2 Å². The molecule has 1 aromatic carbocycles. The van der Waals surface area contributed by atoms with Crippen LogP contribution in [0.15, 0.2) is 43.0 Å². The van der Waals surface area contributed by atoms with Crippen LogP contribution >= 0.6 is 0 Å². The smallest absolute Gasteiger partial charge is 0.245 e. The third-order valence-electron chi connectivity index (χ3n) is 3.04. The number of rotatable bonds is 2. The van der Waals surface area contributed by atoms with Gasteiger partial charge in [-0.1, -0.05) is 16.8 Å². The second-order valence-corrected chi connectivity index (χ2v) is 4.66. The number of aryl methyl sites for hydroxylation is 1. The molecule has 0 aliphatic rings. The lowest BCUT2D eigenvalue weighted by molar-refractivity contribution is -0.141. The van der Waals surface area contributed by atoms with E-state index in [1.807, 2.05) is 13.0 Å². The number of hydrogen-bond donors (Lipinski definition) is 0. The second kappa shape index (κ2) is 5.21. The third kappa shape index (κ3) is 2.67. The maximum atomic E-state index is 12.7. The van der Waals surface area contributed by atoms with Crippen molar-refractivity contribution >= 4 is 0 Å². The molecule has 0 radical (unpaired) electrons. The highest BCUT2D eigenvalue weighted by atomic mass is 19.4. The molecule has 112 valence electrons. The van der Waals surface area contributed by atoms with Gasteiger partial charge in [0.2, 0.25) is 0 Å². The first kappa shape index (κ1) is 14.2. The Morgan fingerprint density at radius 2 is 1.95 bits per heavy atom. The predicted molar refractivity (Wildman–Crippen MR) is 72.1 cm³/mol. The number of alkyl halides is 3. The molecule has 5 nitrogen and oxygen atoms in total. The van der Waals surface area contributed by atoms with Gasteiger partial charge in [0.05, 0.1) is 17.6 Å². The average Bonchev–Trinajstić information content (AvgIpc) is 2.98. The fourth-order valence-corrected chi connectivity index (χ4v) is 2.02. The monoisotopic (exact) mass is 305 g/mol. The number of hydrogen-bond acceptors (Lipinski definition) is 4. The maximum Gasteiger partial charge on any atom is 0.436 e. The Labute approximate surface area is 123 Å². The minimum Gasteiger partial charge on any atom is -0.245 e. The average molecular weight is 305 g/mol. The summed E-state index contributed by atoms with van der Waals surface area (Å²) in [6.07, 6.45) is -0.728. The van der Waals surface area contributed by atoms with Gasteiger partial charge >= 0.3 is 6.18 Å². The van der Waals surface area contributed by atoms with Crippen LogP contribution in [0.2, 0.25) is 0 Å². The van der Waals surface area contributed by atoms with Crippen LogP contribution in [0.4, 0.5) is 13.2 Å². The Morgan fingerprint density at radius 3 is 2.59 bits per heavy atom. The Bertz CT molecular complexity index is 796. The topological polar surface area (TPSA) is 56.5 Å². The normalized spacial score (nSPS) is 11.6. The van der Waals surface area contributed by atoms with Gasteiger partial charge in [-0.25, -0.2) is 14.6 Å². The van der Waals surface area contributed by atoms with Gasteiger partial charge in [0, 0.05) is 11.8 Å². The summed E-state index contributed by atoms with van der Waals surface area (Å²) in [5.74, 6) is 0. The highest BCUT2D eigenvalue weighted by Crippen LogP contribution is 2.30. The molecule has 0 saturated carbocycles. The fraction of sp³-hybridized carbons (Fsp3) is 0.143. The predicted octanol–water partition coefficient (Wildman–Crippen LogP) is 3.05. The van der Waals surface area contributed by atoms with Gasteiger partial charge in [0.25, 0.3) is 0 Å². The Hall–Kier alpha value is -2.77. The maximum absolute atomic E-state index is 12.7. The molecule has 0 amide bonds. The summed E-state index contributed by atoms with van der Waals surface area (Å²) >= 11 is 0. The molecule has 3 aromatic rings. The van der Waals surface area contributed by atoms with E-state index in [9.17, 15) is 13.2 Å². The summed E-state index contributed by atoms with van der Waals surface area (Å²) in [7, 11) is 0. The molecule has 8 heteroatoms. The van der Waals surface area contributed by atoms with Gasteiger partial charge in [-0.3, -0.25) is 0 Å². The molecule has 0 bridgehead atoms. The van der Waals surface area contributed by atoms with Gasteiger partial charge in [-0.15, -0.1) is 5.10 Å². The van der Waals surface area contributed by atoms with Gasteiger partial charge in [0.15, 0.2) is 5.69 Å². The van der Waals surface area contributed by atoms with E-state index in [2.05, 4.69) is 20.3 Å². The molecule has 0 N–H and O–H groups in total. The first-order chi connectivity index (χ1) is 10.4. The number of halogens is 3. The molecule has 22 heavy (non-hydrogen) atoms. The summed E-state index contributed by atoms with van der Waals surface area (Å²) in [5.41, 5.74) is 1.63. The van der Waals surface area contributed by atoms with Crippen LogP contribution in [0.3, 0.4) is 0 Å². The zero-order chi connectivity index (χ0) is 15.7. The standard InChI is InChI=1S/C14H10F3N5/c1-9-2-3-12(10(6-9)11-4-5-18-8-19-11)22-7-13(20-21-22)14(15,16)17/h2-8H,1H3. The van der Waals surface area contributed by atoms with E-state index >= 15 is 0 Å². The molecule has 0 spiro atoms. The second-order valence-electron chi connectivity index (χ2n) is 4.66. The first-order valence-electron chi connectivity index (χ1n) is 6.32. The van der Waals surface area contributed by atoms with Crippen LogP contribution in [-0.4, -0.2) is 25.0 Å².